The fraction of sp³-hybridized carbons (Fsp3) is 0.538. The van der Waals surface area contributed by atoms with E-state index >= 15 is 0 Å². The Morgan fingerprint density at radius 1 is 1.35 bits per heavy atom. The lowest BCUT2D eigenvalue weighted by Gasteiger charge is -2.16. The molecule has 0 spiro atoms. The van der Waals surface area contributed by atoms with Gasteiger partial charge >= 0.3 is 0 Å². The highest BCUT2D eigenvalue weighted by molar-refractivity contribution is 7.89. The lowest BCUT2D eigenvalue weighted by atomic mass is 10.1. The first-order chi connectivity index (χ1) is 9.07. The van der Waals surface area contributed by atoms with Crippen LogP contribution in [0.5, 0.6) is 5.75 Å². The van der Waals surface area contributed by atoms with Gasteiger partial charge in [-0.25, -0.2) is 8.42 Å². The highest BCUT2D eigenvalue weighted by Crippen LogP contribution is 2.25. The van der Waals surface area contributed by atoms with E-state index in [0.717, 1.165) is 6.42 Å². The minimum absolute atomic E-state index is 0. The van der Waals surface area contributed by atoms with Crippen LogP contribution in [0.4, 0.5) is 0 Å². The van der Waals surface area contributed by atoms with E-state index in [1.165, 1.54) is 4.31 Å². The summed E-state index contributed by atoms with van der Waals surface area (Å²) in [5, 5.41) is 0. The molecule has 0 bridgehead atoms. The highest BCUT2D eigenvalue weighted by atomic mass is 35.5. The van der Waals surface area contributed by atoms with Crippen LogP contribution in [0.15, 0.2) is 29.2 Å². The minimum Gasteiger partial charge on any atom is -0.494 e. The average molecular weight is 321 g/mol. The van der Waals surface area contributed by atoms with Crippen molar-refractivity contribution in [2.45, 2.75) is 18.2 Å². The molecule has 0 saturated carbocycles. The van der Waals surface area contributed by atoms with Crippen LogP contribution in [-0.4, -0.2) is 39.0 Å². The molecule has 2 rings (SSSR count). The van der Waals surface area contributed by atoms with Crippen molar-refractivity contribution in [3.63, 3.8) is 0 Å². The maximum Gasteiger partial charge on any atom is 0.243 e. The lowest BCUT2D eigenvalue weighted by molar-refractivity contribution is 0.340. The van der Waals surface area contributed by atoms with Gasteiger partial charge in [-0.1, -0.05) is 0 Å². The van der Waals surface area contributed by atoms with Crippen molar-refractivity contribution < 1.29 is 13.2 Å². The van der Waals surface area contributed by atoms with Gasteiger partial charge in [0.15, 0.2) is 0 Å². The molecular formula is C13H21ClN2O3S. The second kappa shape index (κ2) is 7.26. The SMILES string of the molecule is CCOc1ccc(S(=O)(=O)N2CCC(CN)C2)cc1.Cl. The molecule has 1 aromatic rings. The zero-order valence-electron chi connectivity index (χ0n) is 11.5. The molecule has 0 aliphatic carbocycles. The molecule has 1 fully saturated rings. The molecule has 114 valence electrons. The number of rotatable bonds is 5. The number of nitrogens with zero attached hydrogens (tertiary/aromatic N) is 1. The maximum atomic E-state index is 12.4. The largest absolute Gasteiger partial charge is 0.494 e. The van der Waals surface area contributed by atoms with Crippen LogP contribution in [-0.2, 0) is 10.0 Å². The predicted molar refractivity (Wildman–Crippen MR) is 80.8 cm³/mol. The van der Waals surface area contributed by atoms with E-state index in [9.17, 15) is 8.42 Å². The van der Waals surface area contributed by atoms with Crippen LogP contribution < -0.4 is 10.5 Å². The van der Waals surface area contributed by atoms with Gasteiger partial charge in [0, 0.05) is 13.1 Å². The molecule has 20 heavy (non-hydrogen) atoms. The van der Waals surface area contributed by atoms with Crippen LogP contribution in [0, 0.1) is 5.92 Å². The summed E-state index contributed by atoms with van der Waals surface area (Å²) in [6.07, 6.45) is 0.840. The van der Waals surface area contributed by atoms with Crippen molar-refractivity contribution in [3.05, 3.63) is 24.3 Å². The molecule has 1 unspecified atom stereocenters. The quantitative estimate of drug-likeness (QED) is 0.892. The van der Waals surface area contributed by atoms with Gasteiger partial charge in [-0.15, -0.1) is 12.4 Å². The van der Waals surface area contributed by atoms with E-state index in [1.807, 2.05) is 6.92 Å². The standard InChI is InChI=1S/C13H20N2O3S.ClH/c1-2-18-12-3-5-13(6-4-12)19(16,17)15-8-7-11(9-14)10-15;/h3-6,11H,2,7-10,14H2,1H3;1H. The van der Waals surface area contributed by atoms with Gasteiger partial charge in [0.1, 0.15) is 5.75 Å². The Balaban J connectivity index is 0.00000200. The summed E-state index contributed by atoms with van der Waals surface area (Å²) < 4.78 is 31.6. The number of benzene rings is 1. The Hall–Kier alpha value is -0.820. The van der Waals surface area contributed by atoms with Crippen LogP contribution in [0.25, 0.3) is 0 Å². The second-order valence-corrected chi connectivity index (χ2v) is 6.60. The first-order valence-electron chi connectivity index (χ1n) is 6.51. The van der Waals surface area contributed by atoms with E-state index in [1.54, 1.807) is 24.3 Å². The van der Waals surface area contributed by atoms with E-state index in [-0.39, 0.29) is 18.3 Å². The van der Waals surface area contributed by atoms with Crippen LogP contribution >= 0.6 is 12.4 Å². The molecule has 1 atom stereocenters. The average Bonchev–Trinajstić information content (AvgIpc) is 2.89. The molecule has 5 nitrogen and oxygen atoms in total. The first-order valence-corrected chi connectivity index (χ1v) is 7.95. The van der Waals surface area contributed by atoms with E-state index < -0.39 is 10.0 Å². The molecule has 0 aromatic heterocycles. The maximum absolute atomic E-state index is 12.4. The fourth-order valence-electron chi connectivity index (χ4n) is 2.23. The van der Waals surface area contributed by atoms with Gasteiger partial charge in [0.2, 0.25) is 10.0 Å². The van der Waals surface area contributed by atoms with Crippen LogP contribution in [0.1, 0.15) is 13.3 Å². The molecule has 1 aromatic carbocycles. The third kappa shape index (κ3) is 3.63. The molecule has 1 aliphatic heterocycles. The Bertz CT molecular complexity index is 519. The summed E-state index contributed by atoms with van der Waals surface area (Å²) in [6.45, 7) is 4.07. The van der Waals surface area contributed by atoms with Gasteiger partial charge in [-0.3, -0.25) is 0 Å². The van der Waals surface area contributed by atoms with Crippen LogP contribution in [0.3, 0.4) is 0 Å². The molecule has 1 aliphatic rings. The monoisotopic (exact) mass is 320 g/mol. The van der Waals surface area contributed by atoms with Gasteiger partial charge in [-0.2, -0.15) is 4.31 Å². The molecule has 1 saturated heterocycles. The van der Waals surface area contributed by atoms with Crippen LogP contribution in [0.2, 0.25) is 0 Å². The van der Waals surface area contributed by atoms with Gasteiger partial charge in [0.25, 0.3) is 0 Å². The molecular weight excluding hydrogens is 300 g/mol. The Kier molecular flexibility index (Phi) is 6.26. The molecule has 1 heterocycles. The Morgan fingerprint density at radius 2 is 2.00 bits per heavy atom. The third-order valence-corrected chi connectivity index (χ3v) is 5.23. The topological polar surface area (TPSA) is 72.6 Å². The highest BCUT2D eigenvalue weighted by Gasteiger charge is 2.31. The number of hydrogen-bond acceptors (Lipinski definition) is 4. The van der Waals surface area contributed by atoms with Crippen molar-refractivity contribution in [1.82, 2.24) is 4.31 Å². The normalized spacial score (nSPS) is 19.6. The Morgan fingerprint density at radius 3 is 2.50 bits per heavy atom. The summed E-state index contributed by atoms with van der Waals surface area (Å²) in [5.41, 5.74) is 5.59. The third-order valence-electron chi connectivity index (χ3n) is 3.35. The molecule has 0 amide bonds. The van der Waals surface area contributed by atoms with Gasteiger partial charge < -0.3 is 10.5 Å². The summed E-state index contributed by atoms with van der Waals surface area (Å²) in [6, 6.07) is 6.56. The Labute approximate surface area is 126 Å². The second-order valence-electron chi connectivity index (χ2n) is 4.66. The zero-order chi connectivity index (χ0) is 13.9. The number of sulfonamides is 1. The van der Waals surface area contributed by atoms with E-state index in [4.69, 9.17) is 10.5 Å². The number of nitrogens with two attached hydrogens (primary N) is 1. The smallest absolute Gasteiger partial charge is 0.243 e. The number of ether oxygens (including phenoxy) is 1. The zero-order valence-corrected chi connectivity index (χ0v) is 13.1. The molecule has 0 radical (unpaired) electrons. The van der Waals surface area contributed by atoms with Crippen molar-refractivity contribution >= 4 is 22.4 Å². The fourth-order valence-corrected chi connectivity index (χ4v) is 3.76. The first kappa shape index (κ1) is 17.2. The number of hydrogen-bond donors (Lipinski definition) is 1. The molecule has 2 N–H and O–H groups in total. The minimum atomic E-state index is -3.39. The van der Waals surface area contributed by atoms with E-state index in [2.05, 4.69) is 0 Å². The predicted octanol–water partition coefficient (Wildman–Crippen LogP) is 1.48. The summed E-state index contributed by atoms with van der Waals surface area (Å²) >= 11 is 0. The number of halogens is 1. The van der Waals surface area contributed by atoms with Crippen molar-refractivity contribution in [2.75, 3.05) is 26.2 Å². The lowest BCUT2D eigenvalue weighted by Crippen LogP contribution is -2.29. The van der Waals surface area contributed by atoms with Crippen molar-refractivity contribution in [1.29, 1.82) is 0 Å². The van der Waals surface area contributed by atoms with Gasteiger partial charge in [-0.05, 0) is 50.1 Å². The summed E-state index contributed by atoms with van der Waals surface area (Å²) in [7, 11) is -3.39. The molecule has 7 heteroatoms. The van der Waals surface area contributed by atoms with Gasteiger partial charge in [0.05, 0.1) is 11.5 Å². The van der Waals surface area contributed by atoms with Crippen molar-refractivity contribution in [3.8, 4) is 5.75 Å². The van der Waals surface area contributed by atoms with E-state index in [0.29, 0.717) is 36.9 Å². The summed E-state index contributed by atoms with van der Waals surface area (Å²) in [5.74, 6) is 0.958. The summed E-state index contributed by atoms with van der Waals surface area (Å²) in [4.78, 5) is 0.314. The van der Waals surface area contributed by atoms with Crippen molar-refractivity contribution in [2.24, 2.45) is 11.7 Å².